The minimum atomic E-state index is -1.62. The molecule has 0 bridgehead atoms. The van der Waals surface area contributed by atoms with Crippen LogP contribution in [0.5, 0.6) is 0 Å². The van der Waals surface area contributed by atoms with Gasteiger partial charge in [0.1, 0.15) is 5.60 Å². The van der Waals surface area contributed by atoms with Crippen molar-refractivity contribution in [3.63, 3.8) is 0 Å². The number of nitrogens with one attached hydrogen (secondary N) is 1. The van der Waals surface area contributed by atoms with Crippen molar-refractivity contribution in [2.75, 3.05) is 0 Å². The van der Waals surface area contributed by atoms with Crippen LogP contribution in [0, 0.1) is 0 Å². The number of aliphatic hydroxyl groups is 1. The lowest BCUT2D eigenvalue weighted by Gasteiger charge is -2.26. The van der Waals surface area contributed by atoms with Crippen LogP contribution in [0.2, 0.25) is 0 Å². The van der Waals surface area contributed by atoms with Gasteiger partial charge in [-0.05, 0) is 26.3 Å². The number of carboxylic acid groups (broad SMARTS) is 1. The SMILES string of the molecule is CC(C)(C)OC(=O)[C@H](O)[C@@H](NC(=O)O)c1ccccc1. The highest BCUT2D eigenvalue weighted by Crippen LogP contribution is 2.20. The average molecular weight is 281 g/mol. The minimum Gasteiger partial charge on any atom is -0.465 e. The van der Waals surface area contributed by atoms with Crippen LogP contribution in [0.25, 0.3) is 0 Å². The van der Waals surface area contributed by atoms with Crippen molar-refractivity contribution in [2.24, 2.45) is 0 Å². The zero-order chi connectivity index (χ0) is 15.3. The summed E-state index contributed by atoms with van der Waals surface area (Å²) in [5, 5.41) is 21.0. The van der Waals surface area contributed by atoms with Crippen molar-refractivity contribution in [2.45, 2.75) is 38.5 Å². The fraction of sp³-hybridized carbons (Fsp3) is 0.429. The number of rotatable bonds is 4. The fourth-order valence-electron chi connectivity index (χ4n) is 1.64. The Morgan fingerprint density at radius 1 is 1.20 bits per heavy atom. The van der Waals surface area contributed by atoms with Crippen LogP contribution in [0.3, 0.4) is 0 Å². The van der Waals surface area contributed by atoms with Gasteiger partial charge in [-0.2, -0.15) is 0 Å². The maximum atomic E-state index is 11.8. The van der Waals surface area contributed by atoms with Crippen molar-refractivity contribution in [3.05, 3.63) is 35.9 Å². The number of benzene rings is 1. The number of hydrogen-bond donors (Lipinski definition) is 3. The third-order valence-corrected chi connectivity index (χ3v) is 2.40. The molecule has 3 N–H and O–H groups in total. The maximum absolute atomic E-state index is 11.8. The zero-order valence-corrected chi connectivity index (χ0v) is 11.7. The second-order valence-corrected chi connectivity index (χ2v) is 5.32. The van der Waals surface area contributed by atoms with E-state index >= 15 is 0 Å². The second-order valence-electron chi connectivity index (χ2n) is 5.32. The summed E-state index contributed by atoms with van der Waals surface area (Å²) in [4.78, 5) is 22.7. The zero-order valence-electron chi connectivity index (χ0n) is 11.7. The normalized spacial score (nSPS) is 14.2. The second kappa shape index (κ2) is 6.38. The molecule has 2 atom stereocenters. The molecule has 1 amide bonds. The first-order chi connectivity index (χ1) is 9.20. The third kappa shape index (κ3) is 4.89. The smallest absolute Gasteiger partial charge is 0.405 e. The van der Waals surface area contributed by atoms with Gasteiger partial charge < -0.3 is 20.3 Å². The Morgan fingerprint density at radius 3 is 2.20 bits per heavy atom. The minimum absolute atomic E-state index is 0.480. The molecular weight excluding hydrogens is 262 g/mol. The Labute approximate surface area is 117 Å². The van der Waals surface area contributed by atoms with Crippen LogP contribution in [0.4, 0.5) is 4.79 Å². The molecule has 0 aliphatic carbocycles. The molecule has 6 nitrogen and oxygen atoms in total. The summed E-state index contributed by atoms with van der Waals surface area (Å²) in [5.41, 5.74) is -0.282. The van der Waals surface area contributed by atoms with Gasteiger partial charge in [-0.3, -0.25) is 0 Å². The van der Waals surface area contributed by atoms with Gasteiger partial charge in [-0.15, -0.1) is 0 Å². The van der Waals surface area contributed by atoms with Crippen LogP contribution in [-0.2, 0) is 9.53 Å². The first kappa shape index (κ1) is 16.0. The lowest BCUT2D eigenvalue weighted by molar-refractivity contribution is -0.166. The summed E-state index contributed by atoms with van der Waals surface area (Å²) in [6.45, 7) is 5.00. The Bertz CT molecular complexity index is 466. The van der Waals surface area contributed by atoms with Crippen molar-refractivity contribution >= 4 is 12.1 Å². The van der Waals surface area contributed by atoms with E-state index in [0.29, 0.717) is 5.56 Å². The molecule has 0 aliphatic rings. The van der Waals surface area contributed by atoms with Crippen LogP contribution in [0.1, 0.15) is 32.4 Å². The molecule has 0 radical (unpaired) electrons. The number of aliphatic hydroxyl groups excluding tert-OH is 1. The van der Waals surface area contributed by atoms with Gasteiger partial charge in [0, 0.05) is 0 Å². The highest BCUT2D eigenvalue weighted by Gasteiger charge is 2.32. The first-order valence-electron chi connectivity index (χ1n) is 6.16. The number of hydrogen-bond acceptors (Lipinski definition) is 4. The molecule has 0 spiro atoms. The molecular formula is C14H19NO5. The summed E-state index contributed by atoms with van der Waals surface area (Å²) in [7, 11) is 0. The predicted octanol–water partition coefficient (Wildman–Crippen LogP) is 1.70. The Morgan fingerprint density at radius 2 is 1.75 bits per heavy atom. The number of carbonyl (C=O) groups is 2. The Hall–Kier alpha value is -2.08. The first-order valence-corrected chi connectivity index (χ1v) is 6.16. The largest absolute Gasteiger partial charge is 0.465 e. The van der Waals surface area contributed by atoms with Gasteiger partial charge in [0.25, 0.3) is 0 Å². The molecule has 0 unspecified atom stereocenters. The standard InChI is InChI=1S/C14H19NO5/c1-14(2,3)20-12(17)11(16)10(15-13(18)19)9-7-5-4-6-8-9/h4-8,10-11,15-16H,1-3H3,(H,18,19)/t10-,11+/m0/s1. The molecule has 0 aromatic heterocycles. The van der Waals surface area contributed by atoms with Gasteiger partial charge in [0.15, 0.2) is 6.10 Å². The van der Waals surface area contributed by atoms with E-state index < -0.39 is 29.8 Å². The quantitative estimate of drug-likeness (QED) is 0.730. The average Bonchev–Trinajstić information content (AvgIpc) is 2.34. The van der Waals surface area contributed by atoms with E-state index in [1.807, 2.05) is 0 Å². The molecule has 1 rings (SSSR count). The molecule has 1 aromatic rings. The van der Waals surface area contributed by atoms with E-state index in [1.54, 1.807) is 51.1 Å². The summed E-state index contributed by atoms with van der Waals surface area (Å²) in [6.07, 6.45) is -2.95. The Balaban J connectivity index is 2.94. The topological polar surface area (TPSA) is 95.9 Å². The van der Waals surface area contributed by atoms with Crippen LogP contribution in [-0.4, -0.2) is 34.0 Å². The van der Waals surface area contributed by atoms with Crippen molar-refractivity contribution in [3.8, 4) is 0 Å². The fourth-order valence-corrected chi connectivity index (χ4v) is 1.64. The van der Waals surface area contributed by atoms with Gasteiger partial charge in [0.05, 0.1) is 6.04 Å². The number of esters is 1. The molecule has 0 heterocycles. The molecule has 1 aromatic carbocycles. The van der Waals surface area contributed by atoms with Crippen LogP contribution >= 0.6 is 0 Å². The van der Waals surface area contributed by atoms with Gasteiger partial charge in [0.2, 0.25) is 0 Å². The van der Waals surface area contributed by atoms with Gasteiger partial charge in [-0.25, -0.2) is 9.59 Å². The molecule has 20 heavy (non-hydrogen) atoms. The van der Waals surface area contributed by atoms with Crippen molar-refractivity contribution in [1.82, 2.24) is 5.32 Å². The lowest BCUT2D eigenvalue weighted by atomic mass is 10.0. The molecule has 110 valence electrons. The number of carbonyl (C=O) groups excluding carboxylic acids is 1. The monoisotopic (exact) mass is 281 g/mol. The van der Waals surface area contributed by atoms with E-state index in [9.17, 15) is 14.7 Å². The highest BCUT2D eigenvalue weighted by atomic mass is 16.6. The molecule has 0 fully saturated rings. The molecule has 0 saturated heterocycles. The molecule has 0 aliphatic heterocycles. The van der Waals surface area contributed by atoms with Crippen molar-refractivity contribution < 1.29 is 24.5 Å². The Kier molecular flexibility index (Phi) is 5.10. The van der Waals surface area contributed by atoms with Gasteiger partial charge >= 0.3 is 12.1 Å². The summed E-state index contributed by atoms with van der Waals surface area (Å²) in [6, 6.07) is 7.29. The third-order valence-electron chi connectivity index (χ3n) is 2.40. The van der Waals surface area contributed by atoms with E-state index in [-0.39, 0.29) is 0 Å². The van der Waals surface area contributed by atoms with Crippen LogP contribution in [0.15, 0.2) is 30.3 Å². The summed E-state index contributed by atoms with van der Waals surface area (Å²) in [5.74, 6) is -0.875. The van der Waals surface area contributed by atoms with E-state index in [1.165, 1.54) is 0 Å². The predicted molar refractivity (Wildman–Crippen MR) is 72.2 cm³/mol. The van der Waals surface area contributed by atoms with Crippen molar-refractivity contribution in [1.29, 1.82) is 0 Å². The molecule has 0 saturated carbocycles. The van der Waals surface area contributed by atoms with E-state index in [4.69, 9.17) is 9.84 Å². The van der Waals surface area contributed by atoms with Gasteiger partial charge in [-0.1, -0.05) is 30.3 Å². The number of ether oxygens (including phenoxy) is 1. The van der Waals surface area contributed by atoms with E-state index in [2.05, 4.69) is 5.32 Å². The molecule has 6 heteroatoms. The number of amides is 1. The van der Waals surface area contributed by atoms with Crippen LogP contribution < -0.4 is 5.32 Å². The van der Waals surface area contributed by atoms with E-state index in [0.717, 1.165) is 0 Å². The summed E-state index contributed by atoms with van der Waals surface area (Å²) >= 11 is 0. The summed E-state index contributed by atoms with van der Waals surface area (Å²) < 4.78 is 5.06. The maximum Gasteiger partial charge on any atom is 0.405 e. The highest BCUT2D eigenvalue weighted by molar-refractivity contribution is 5.77. The lowest BCUT2D eigenvalue weighted by Crippen LogP contribution is -2.42.